The first-order chi connectivity index (χ1) is 10.6. The molecule has 0 radical (unpaired) electrons. The number of ether oxygens (including phenoxy) is 2. The number of fused-ring (bicyclic) bond motifs is 1. The van der Waals surface area contributed by atoms with Crippen molar-refractivity contribution in [3.05, 3.63) is 40.7 Å². The van der Waals surface area contributed by atoms with Crippen molar-refractivity contribution in [1.82, 2.24) is 15.1 Å². The fourth-order valence-electron chi connectivity index (χ4n) is 2.78. The van der Waals surface area contributed by atoms with Gasteiger partial charge in [0.1, 0.15) is 0 Å². The van der Waals surface area contributed by atoms with Gasteiger partial charge in [0.2, 0.25) is 0 Å². The van der Waals surface area contributed by atoms with Gasteiger partial charge in [0, 0.05) is 36.3 Å². The molecule has 1 aliphatic rings. The van der Waals surface area contributed by atoms with Crippen LogP contribution in [0.3, 0.4) is 0 Å². The van der Waals surface area contributed by atoms with Crippen LogP contribution in [-0.2, 0) is 13.0 Å². The van der Waals surface area contributed by atoms with E-state index in [1.54, 1.807) is 26.5 Å². The molecule has 0 bridgehead atoms. The van der Waals surface area contributed by atoms with Gasteiger partial charge >= 0.3 is 0 Å². The highest BCUT2D eigenvalue weighted by Gasteiger charge is 2.25. The second-order valence-electron chi connectivity index (χ2n) is 5.37. The quantitative estimate of drug-likeness (QED) is 0.940. The lowest BCUT2D eigenvalue weighted by atomic mass is 10.0. The number of benzene rings is 1. The summed E-state index contributed by atoms with van der Waals surface area (Å²) >= 11 is 0. The zero-order chi connectivity index (χ0) is 15.7. The van der Waals surface area contributed by atoms with E-state index in [1.807, 2.05) is 17.9 Å². The zero-order valence-electron chi connectivity index (χ0n) is 13.0. The van der Waals surface area contributed by atoms with Crippen molar-refractivity contribution in [2.75, 3.05) is 20.8 Å². The Labute approximate surface area is 129 Å². The minimum atomic E-state index is 0.00491. The maximum absolute atomic E-state index is 12.8. The van der Waals surface area contributed by atoms with Crippen LogP contribution in [-0.4, -0.2) is 41.8 Å². The lowest BCUT2D eigenvalue weighted by Crippen LogP contribution is -2.36. The third-order valence-corrected chi connectivity index (χ3v) is 4.05. The molecule has 0 saturated heterocycles. The Morgan fingerprint density at radius 1 is 1.27 bits per heavy atom. The molecule has 1 amide bonds. The minimum absolute atomic E-state index is 0.00491. The van der Waals surface area contributed by atoms with Crippen molar-refractivity contribution >= 4 is 5.91 Å². The standard InChI is InChI=1S/C16H19N3O3/c1-10-6-14(21-2)15(22-3)7-12(10)16(20)19-5-4-13-11(9-19)8-17-18-13/h6-8H,4-5,9H2,1-3H3,(H,17,18). The first-order valence-electron chi connectivity index (χ1n) is 7.17. The Bertz CT molecular complexity index is 709. The largest absolute Gasteiger partial charge is 0.493 e. The molecule has 0 spiro atoms. The van der Waals surface area contributed by atoms with E-state index in [-0.39, 0.29) is 5.91 Å². The molecule has 0 aliphatic carbocycles. The summed E-state index contributed by atoms with van der Waals surface area (Å²) in [5, 5.41) is 7.02. The van der Waals surface area contributed by atoms with Gasteiger partial charge in [0.05, 0.1) is 20.4 Å². The van der Waals surface area contributed by atoms with Crippen molar-refractivity contribution in [3.8, 4) is 11.5 Å². The first-order valence-corrected chi connectivity index (χ1v) is 7.17. The van der Waals surface area contributed by atoms with Crippen LogP contribution < -0.4 is 9.47 Å². The minimum Gasteiger partial charge on any atom is -0.493 e. The Morgan fingerprint density at radius 3 is 2.73 bits per heavy atom. The number of carbonyl (C=O) groups excluding carboxylic acids is 1. The number of methoxy groups -OCH3 is 2. The van der Waals surface area contributed by atoms with Crippen molar-refractivity contribution in [3.63, 3.8) is 0 Å². The summed E-state index contributed by atoms with van der Waals surface area (Å²) in [4.78, 5) is 14.7. The number of aromatic amines is 1. The van der Waals surface area contributed by atoms with Crippen LogP contribution in [0, 0.1) is 6.92 Å². The van der Waals surface area contributed by atoms with Gasteiger partial charge in [-0.1, -0.05) is 0 Å². The van der Waals surface area contributed by atoms with E-state index >= 15 is 0 Å². The molecule has 2 heterocycles. The van der Waals surface area contributed by atoms with Crippen molar-refractivity contribution in [1.29, 1.82) is 0 Å². The second-order valence-corrected chi connectivity index (χ2v) is 5.37. The number of H-pyrrole nitrogens is 1. The van der Waals surface area contributed by atoms with E-state index in [4.69, 9.17) is 9.47 Å². The van der Waals surface area contributed by atoms with Crippen LogP contribution >= 0.6 is 0 Å². The highest BCUT2D eigenvalue weighted by atomic mass is 16.5. The number of nitrogens with one attached hydrogen (secondary N) is 1. The number of hydrogen-bond acceptors (Lipinski definition) is 4. The topological polar surface area (TPSA) is 67.5 Å². The molecular formula is C16H19N3O3. The number of amides is 1. The van der Waals surface area contributed by atoms with E-state index in [2.05, 4.69) is 10.2 Å². The van der Waals surface area contributed by atoms with Crippen LogP contribution in [0.1, 0.15) is 27.2 Å². The number of hydrogen-bond donors (Lipinski definition) is 1. The van der Waals surface area contributed by atoms with Crippen molar-refractivity contribution in [2.24, 2.45) is 0 Å². The lowest BCUT2D eigenvalue weighted by Gasteiger charge is -2.27. The monoisotopic (exact) mass is 301 g/mol. The number of carbonyl (C=O) groups is 1. The summed E-state index contributed by atoms with van der Waals surface area (Å²) in [6, 6.07) is 3.58. The molecule has 1 aromatic heterocycles. The third kappa shape index (κ3) is 2.41. The SMILES string of the molecule is COc1cc(C)c(C(=O)N2CCc3[nH]ncc3C2)cc1OC. The van der Waals surface area contributed by atoms with Crippen LogP contribution in [0.4, 0.5) is 0 Å². The smallest absolute Gasteiger partial charge is 0.254 e. The van der Waals surface area contributed by atoms with Crippen LogP contribution in [0.2, 0.25) is 0 Å². The fraction of sp³-hybridized carbons (Fsp3) is 0.375. The average Bonchev–Trinajstić information content (AvgIpc) is 3.01. The van der Waals surface area contributed by atoms with Gasteiger partial charge in [-0.15, -0.1) is 0 Å². The summed E-state index contributed by atoms with van der Waals surface area (Å²) < 4.78 is 10.6. The molecular weight excluding hydrogens is 282 g/mol. The van der Waals surface area contributed by atoms with Gasteiger partial charge < -0.3 is 14.4 Å². The first kappa shape index (κ1) is 14.4. The fourth-order valence-corrected chi connectivity index (χ4v) is 2.78. The summed E-state index contributed by atoms with van der Waals surface area (Å²) in [5.74, 6) is 1.20. The van der Waals surface area contributed by atoms with E-state index in [0.717, 1.165) is 23.2 Å². The third-order valence-electron chi connectivity index (χ3n) is 4.05. The Kier molecular flexibility index (Phi) is 3.75. The number of nitrogens with zero attached hydrogens (tertiary/aromatic N) is 2. The van der Waals surface area contributed by atoms with Gasteiger partial charge in [-0.25, -0.2) is 0 Å². The Morgan fingerprint density at radius 2 is 2.00 bits per heavy atom. The average molecular weight is 301 g/mol. The second kappa shape index (κ2) is 5.71. The highest BCUT2D eigenvalue weighted by Crippen LogP contribution is 2.31. The van der Waals surface area contributed by atoms with Crippen molar-refractivity contribution < 1.29 is 14.3 Å². The van der Waals surface area contributed by atoms with Crippen LogP contribution in [0.5, 0.6) is 11.5 Å². The molecule has 0 fully saturated rings. The molecule has 0 unspecified atom stereocenters. The molecule has 1 aromatic carbocycles. The molecule has 0 saturated carbocycles. The normalized spacial score (nSPS) is 13.7. The summed E-state index contributed by atoms with van der Waals surface area (Å²) in [6.07, 6.45) is 2.59. The predicted octanol–water partition coefficient (Wildman–Crippen LogP) is 1.93. The predicted molar refractivity (Wildman–Crippen MR) is 81.3 cm³/mol. The van der Waals surface area contributed by atoms with E-state index < -0.39 is 0 Å². The zero-order valence-corrected chi connectivity index (χ0v) is 13.0. The molecule has 2 aromatic rings. The highest BCUT2D eigenvalue weighted by molar-refractivity contribution is 5.96. The summed E-state index contributed by atoms with van der Waals surface area (Å²) in [7, 11) is 3.16. The maximum Gasteiger partial charge on any atom is 0.254 e. The van der Waals surface area contributed by atoms with Gasteiger partial charge in [0.25, 0.3) is 5.91 Å². The van der Waals surface area contributed by atoms with Gasteiger partial charge in [0.15, 0.2) is 11.5 Å². The molecule has 1 aliphatic heterocycles. The number of aromatic nitrogens is 2. The number of aryl methyl sites for hydroxylation is 1. The Hall–Kier alpha value is -2.50. The van der Waals surface area contributed by atoms with E-state index in [9.17, 15) is 4.79 Å². The summed E-state index contributed by atoms with van der Waals surface area (Å²) in [6.45, 7) is 3.17. The molecule has 116 valence electrons. The van der Waals surface area contributed by atoms with Crippen LogP contribution in [0.25, 0.3) is 0 Å². The van der Waals surface area contributed by atoms with Crippen molar-refractivity contribution in [2.45, 2.75) is 19.9 Å². The van der Waals surface area contributed by atoms with Crippen LogP contribution in [0.15, 0.2) is 18.3 Å². The molecule has 6 heteroatoms. The summed E-state index contributed by atoms with van der Waals surface area (Å²) in [5.41, 5.74) is 3.72. The van der Waals surface area contributed by atoms with Gasteiger partial charge in [-0.05, 0) is 24.6 Å². The van der Waals surface area contributed by atoms with E-state index in [0.29, 0.717) is 30.2 Å². The molecule has 0 atom stereocenters. The molecule has 6 nitrogen and oxygen atoms in total. The van der Waals surface area contributed by atoms with Gasteiger partial charge in [-0.2, -0.15) is 5.10 Å². The molecule has 1 N–H and O–H groups in total. The molecule has 3 rings (SSSR count). The van der Waals surface area contributed by atoms with E-state index in [1.165, 1.54) is 0 Å². The Balaban J connectivity index is 1.89. The lowest BCUT2D eigenvalue weighted by molar-refractivity contribution is 0.0733. The maximum atomic E-state index is 12.8. The number of rotatable bonds is 3. The molecule has 22 heavy (non-hydrogen) atoms. The van der Waals surface area contributed by atoms with Gasteiger partial charge in [-0.3, -0.25) is 9.89 Å².